The maximum absolute atomic E-state index is 12.8. The van der Waals surface area contributed by atoms with Gasteiger partial charge in [-0.05, 0) is 48.6 Å². The number of aryl methyl sites for hydroxylation is 3. The van der Waals surface area contributed by atoms with E-state index in [4.69, 9.17) is 0 Å². The van der Waals surface area contributed by atoms with E-state index >= 15 is 0 Å². The predicted molar refractivity (Wildman–Crippen MR) is 124 cm³/mol. The highest BCUT2D eigenvalue weighted by Crippen LogP contribution is 2.27. The Morgan fingerprint density at radius 2 is 1.40 bits per heavy atom. The van der Waals surface area contributed by atoms with Crippen molar-refractivity contribution in [2.24, 2.45) is 0 Å². The summed E-state index contributed by atoms with van der Waals surface area (Å²) in [6, 6.07) is 23.0. The lowest BCUT2D eigenvalue weighted by Crippen LogP contribution is -2.32. The molecule has 0 aliphatic carbocycles. The molecule has 30 heavy (non-hydrogen) atoms. The van der Waals surface area contributed by atoms with E-state index in [-0.39, 0.29) is 17.5 Å². The van der Waals surface area contributed by atoms with Crippen molar-refractivity contribution in [1.29, 1.82) is 0 Å². The number of hydrogen-bond donors (Lipinski definition) is 2. The molecule has 3 aromatic carbocycles. The van der Waals surface area contributed by atoms with Crippen molar-refractivity contribution >= 4 is 15.7 Å². The molecular formula is C25H30N2O2S. The molecule has 0 spiro atoms. The highest BCUT2D eigenvalue weighted by Gasteiger charge is 2.20. The molecule has 0 heterocycles. The molecule has 0 aliphatic rings. The van der Waals surface area contributed by atoms with Crippen molar-refractivity contribution in [3.05, 3.63) is 95.1 Å². The first-order chi connectivity index (χ1) is 14.4. The van der Waals surface area contributed by atoms with Crippen molar-refractivity contribution in [1.82, 2.24) is 4.72 Å². The van der Waals surface area contributed by atoms with Gasteiger partial charge >= 0.3 is 0 Å². The number of nitrogens with one attached hydrogen (secondary N) is 2. The van der Waals surface area contributed by atoms with E-state index < -0.39 is 10.0 Å². The summed E-state index contributed by atoms with van der Waals surface area (Å²) in [7, 11) is -3.59. The Hall–Kier alpha value is -2.63. The van der Waals surface area contributed by atoms with E-state index in [0.29, 0.717) is 0 Å². The molecule has 0 aliphatic heterocycles. The fourth-order valence-electron chi connectivity index (χ4n) is 3.53. The largest absolute Gasteiger partial charge is 0.376 e. The number of para-hydroxylation sites is 1. The Morgan fingerprint density at radius 1 is 0.800 bits per heavy atom. The number of benzene rings is 3. The highest BCUT2D eigenvalue weighted by molar-refractivity contribution is 7.89. The van der Waals surface area contributed by atoms with Crippen LogP contribution < -0.4 is 10.0 Å². The molecule has 3 aromatic rings. The van der Waals surface area contributed by atoms with Crippen molar-refractivity contribution in [2.75, 3.05) is 11.9 Å². The number of hydrogen-bond acceptors (Lipinski definition) is 3. The van der Waals surface area contributed by atoms with Crippen LogP contribution in [0.4, 0.5) is 5.69 Å². The molecule has 3 rings (SSSR count). The summed E-state index contributed by atoms with van der Waals surface area (Å²) >= 11 is 0. The molecule has 2 N–H and O–H groups in total. The first-order valence-electron chi connectivity index (χ1n) is 10.4. The molecule has 4 nitrogen and oxygen atoms in total. The highest BCUT2D eigenvalue weighted by atomic mass is 32.2. The molecule has 0 amide bonds. The van der Waals surface area contributed by atoms with E-state index in [0.717, 1.165) is 29.7 Å². The van der Waals surface area contributed by atoms with E-state index in [1.165, 1.54) is 11.1 Å². The Bertz CT molecular complexity index is 1040. The SMILES string of the molecule is CCc1cccc(CC)c1N[C@@H](CNS(=O)(=O)c1ccc(C)cc1)c1ccccc1. The minimum atomic E-state index is -3.59. The topological polar surface area (TPSA) is 58.2 Å². The average Bonchev–Trinajstić information content (AvgIpc) is 2.77. The molecule has 0 aromatic heterocycles. The second-order valence-corrected chi connectivity index (χ2v) is 9.20. The molecule has 0 saturated heterocycles. The number of rotatable bonds is 9. The molecule has 0 fully saturated rings. The van der Waals surface area contributed by atoms with E-state index in [1.54, 1.807) is 12.1 Å². The van der Waals surface area contributed by atoms with Crippen LogP contribution in [0.25, 0.3) is 0 Å². The van der Waals surface area contributed by atoms with Gasteiger partial charge in [-0.2, -0.15) is 0 Å². The Balaban J connectivity index is 1.89. The lowest BCUT2D eigenvalue weighted by Gasteiger charge is -2.24. The quantitative estimate of drug-likeness (QED) is 0.495. The van der Waals surface area contributed by atoms with Crippen LogP contribution in [-0.2, 0) is 22.9 Å². The fraction of sp³-hybridized carbons (Fsp3) is 0.280. The van der Waals surface area contributed by atoms with Gasteiger partial charge in [0.1, 0.15) is 0 Å². The first kappa shape index (κ1) is 22.1. The summed E-state index contributed by atoms with van der Waals surface area (Å²) in [5.74, 6) is 0. The van der Waals surface area contributed by atoms with Crippen LogP contribution in [0, 0.1) is 6.92 Å². The third-order valence-corrected chi connectivity index (χ3v) is 6.77. The average molecular weight is 423 g/mol. The second kappa shape index (κ2) is 9.92. The van der Waals surface area contributed by atoms with E-state index in [1.807, 2.05) is 49.4 Å². The molecule has 0 radical (unpaired) electrons. The minimum absolute atomic E-state index is 0.190. The molecule has 0 bridgehead atoms. The van der Waals surface area contributed by atoms with Gasteiger partial charge in [0.2, 0.25) is 10.0 Å². The molecule has 1 atom stereocenters. The lowest BCUT2D eigenvalue weighted by molar-refractivity contribution is 0.576. The summed E-state index contributed by atoms with van der Waals surface area (Å²) in [5, 5.41) is 3.64. The van der Waals surface area contributed by atoms with Crippen molar-refractivity contribution in [2.45, 2.75) is 44.6 Å². The van der Waals surface area contributed by atoms with Gasteiger partial charge in [0.25, 0.3) is 0 Å². The maximum Gasteiger partial charge on any atom is 0.240 e. The van der Waals surface area contributed by atoms with Gasteiger partial charge in [0, 0.05) is 12.2 Å². The van der Waals surface area contributed by atoms with Gasteiger partial charge in [0.15, 0.2) is 0 Å². The van der Waals surface area contributed by atoms with Gasteiger partial charge in [-0.3, -0.25) is 0 Å². The number of anilines is 1. The lowest BCUT2D eigenvalue weighted by atomic mass is 10.0. The third kappa shape index (κ3) is 5.29. The molecular weight excluding hydrogens is 392 g/mol. The van der Waals surface area contributed by atoms with Crippen LogP contribution >= 0.6 is 0 Å². The molecule has 158 valence electrons. The third-order valence-electron chi connectivity index (χ3n) is 5.33. The summed E-state index contributed by atoms with van der Waals surface area (Å²) < 4.78 is 28.5. The van der Waals surface area contributed by atoms with Crippen molar-refractivity contribution in [3.8, 4) is 0 Å². The zero-order valence-electron chi connectivity index (χ0n) is 17.9. The summed E-state index contributed by atoms with van der Waals surface area (Å²) in [4.78, 5) is 0.281. The van der Waals surface area contributed by atoms with E-state index in [9.17, 15) is 8.42 Å². The normalized spacial score (nSPS) is 12.5. The zero-order chi connectivity index (χ0) is 21.6. The monoisotopic (exact) mass is 422 g/mol. The van der Waals surface area contributed by atoms with Crippen LogP contribution in [0.3, 0.4) is 0 Å². The summed E-state index contributed by atoms with van der Waals surface area (Å²) in [6.45, 7) is 6.46. The van der Waals surface area contributed by atoms with Gasteiger partial charge in [-0.25, -0.2) is 13.1 Å². The first-order valence-corrected chi connectivity index (χ1v) is 11.9. The molecule has 0 saturated carbocycles. The van der Waals surface area contributed by atoms with Gasteiger partial charge in [0.05, 0.1) is 10.9 Å². The predicted octanol–water partition coefficient (Wildman–Crippen LogP) is 5.25. The minimum Gasteiger partial charge on any atom is -0.376 e. The fourth-order valence-corrected chi connectivity index (χ4v) is 4.58. The van der Waals surface area contributed by atoms with Gasteiger partial charge in [-0.15, -0.1) is 0 Å². The zero-order valence-corrected chi connectivity index (χ0v) is 18.7. The van der Waals surface area contributed by atoms with Gasteiger partial charge < -0.3 is 5.32 Å². The Labute approximate surface area is 180 Å². The van der Waals surface area contributed by atoms with Crippen LogP contribution in [-0.4, -0.2) is 15.0 Å². The maximum atomic E-state index is 12.8. The Morgan fingerprint density at radius 3 is 1.97 bits per heavy atom. The molecule has 5 heteroatoms. The van der Waals surface area contributed by atoms with Crippen LogP contribution in [0.1, 0.15) is 42.1 Å². The summed E-state index contributed by atoms with van der Waals surface area (Å²) in [5.41, 5.74) is 5.64. The molecule has 0 unspecified atom stereocenters. The summed E-state index contributed by atoms with van der Waals surface area (Å²) in [6.07, 6.45) is 1.82. The van der Waals surface area contributed by atoms with Crippen LogP contribution in [0.2, 0.25) is 0 Å². The van der Waals surface area contributed by atoms with Gasteiger partial charge in [-0.1, -0.05) is 80.1 Å². The smallest absolute Gasteiger partial charge is 0.240 e. The van der Waals surface area contributed by atoms with Crippen molar-refractivity contribution in [3.63, 3.8) is 0 Å². The van der Waals surface area contributed by atoms with Crippen molar-refractivity contribution < 1.29 is 8.42 Å². The Kier molecular flexibility index (Phi) is 7.29. The number of sulfonamides is 1. The van der Waals surface area contributed by atoms with Crippen LogP contribution in [0.15, 0.2) is 77.7 Å². The van der Waals surface area contributed by atoms with E-state index in [2.05, 4.69) is 42.1 Å². The second-order valence-electron chi connectivity index (χ2n) is 7.43. The van der Waals surface area contributed by atoms with Crippen LogP contribution in [0.5, 0.6) is 0 Å². The standard InChI is InChI=1S/C25H30N2O2S/c1-4-20-12-9-13-21(5-2)25(20)27-24(22-10-7-6-8-11-22)18-26-30(28,29)23-16-14-19(3)15-17-23/h6-17,24,26-27H,4-5,18H2,1-3H3/t24-/m0/s1.